The Morgan fingerprint density at radius 1 is 1.27 bits per heavy atom. The fourth-order valence-electron chi connectivity index (χ4n) is 1.23. The van der Waals surface area contributed by atoms with Crippen molar-refractivity contribution in [3.05, 3.63) is 0 Å². The zero-order valence-corrected chi connectivity index (χ0v) is 8.27. The monoisotopic (exact) mass is 215 g/mol. The average molecular weight is 215 g/mol. The lowest BCUT2D eigenvalue weighted by Gasteiger charge is -2.12. The molecule has 1 rings (SSSR count). The Balaban J connectivity index is 2.12. The molecule has 2 amide bonds. The second kappa shape index (κ2) is 5.45. The van der Waals surface area contributed by atoms with Crippen molar-refractivity contribution in [1.29, 1.82) is 0 Å². The molecule has 1 aliphatic rings. The fourth-order valence-corrected chi connectivity index (χ4v) is 1.23. The lowest BCUT2D eigenvalue weighted by molar-refractivity contribution is -0.188. The number of rotatable bonds is 6. The van der Waals surface area contributed by atoms with Crippen LogP contribution >= 0.6 is 0 Å². The van der Waals surface area contributed by atoms with Crippen molar-refractivity contribution >= 4 is 17.8 Å². The van der Waals surface area contributed by atoms with Gasteiger partial charge in [0.15, 0.2) is 0 Å². The number of carbonyl (C=O) groups excluding carboxylic acids is 2. The number of aliphatic carboxylic acids is 1. The number of imide groups is 1. The van der Waals surface area contributed by atoms with E-state index in [1.165, 1.54) is 0 Å². The molecule has 0 aromatic rings. The van der Waals surface area contributed by atoms with E-state index in [-0.39, 0.29) is 37.7 Å². The quantitative estimate of drug-likeness (QED) is 0.509. The summed E-state index contributed by atoms with van der Waals surface area (Å²) in [6.07, 6.45) is 1.47. The minimum Gasteiger partial charge on any atom is -0.481 e. The molecule has 1 heterocycles. The summed E-state index contributed by atoms with van der Waals surface area (Å²) in [6.45, 7) is 0.199. The van der Waals surface area contributed by atoms with Gasteiger partial charge in [-0.1, -0.05) is 0 Å². The van der Waals surface area contributed by atoms with Crippen LogP contribution < -0.4 is 0 Å². The van der Waals surface area contributed by atoms with Gasteiger partial charge >= 0.3 is 5.97 Å². The summed E-state index contributed by atoms with van der Waals surface area (Å²) in [4.78, 5) is 37.2. The standard InChI is InChI=1S/C9H13NO5/c11-7-4-5-8(12)10(7)15-6-2-1-3-9(13)14/h1-6H2,(H,13,14). The van der Waals surface area contributed by atoms with E-state index in [0.717, 1.165) is 5.06 Å². The zero-order chi connectivity index (χ0) is 11.3. The number of unbranched alkanes of at least 4 members (excludes halogenated alkanes) is 1. The van der Waals surface area contributed by atoms with Gasteiger partial charge in [0.25, 0.3) is 11.8 Å². The number of hydrogen-bond acceptors (Lipinski definition) is 4. The maximum absolute atomic E-state index is 11.0. The molecule has 0 aromatic carbocycles. The number of nitrogens with zero attached hydrogens (tertiary/aromatic N) is 1. The summed E-state index contributed by atoms with van der Waals surface area (Å²) in [5.41, 5.74) is 0. The van der Waals surface area contributed by atoms with Crippen molar-refractivity contribution in [2.24, 2.45) is 0 Å². The van der Waals surface area contributed by atoms with Crippen molar-refractivity contribution in [2.45, 2.75) is 32.1 Å². The van der Waals surface area contributed by atoms with Crippen molar-refractivity contribution in [1.82, 2.24) is 5.06 Å². The van der Waals surface area contributed by atoms with E-state index in [1.54, 1.807) is 0 Å². The summed E-state index contributed by atoms with van der Waals surface area (Å²) in [5, 5.41) is 9.13. The second-order valence-electron chi connectivity index (χ2n) is 3.27. The van der Waals surface area contributed by atoms with Crippen LogP contribution in [-0.4, -0.2) is 34.6 Å². The normalized spacial score (nSPS) is 16.1. The summed E-state index contributed by atoms with van der Waals surface area (Å²) >= 11 is 0. The van der Waals surface area contributed by atoms with Crippen molar-refractivity contribution in [2.75, 3.05) is 6.61 Å². The highest BCUT2D eigenvalue weighted by atomic mass is 16.7. The Hall–Kier alpha value is -1.43. The van der Waals surface area contributed by atoms with Gasteiger partial charge in [0, 0.05) is 19.3 Å². The van der Waals surface area contributed by atoms with Crippen LogP contribution in [0.3, 0.4) is 0 Å². The van der Waals surface area contributed by atoms with E-state index in [4.69, 9.17) is 9.94 Å². The summed E-state index contributed by atoms with van der Waals surface area (Å²) < 4.78 is 0. The molecule has 6 heteroatoms. The van der Waals surface area contributed by atoms with Gasteiger partial charge in [0.05, 0.1) is 6.61 Å². The number of carboxylic acids is 1. The fraction of sp³-hybridized carbons (Fsp3) is 0.667. The highest BCUT2D eigenvalue weighted by Crippen LogP contribution is 2.12. The average Bonchev–Trinajstić information content (AvgIpc) is 2.47. The van der Waals surface area contributed by atoms with Gasteiger partial charge < -0.3 is 5.11 Å². The molecule has 0 unspecified atom stereocenters. The Morgan fingerprint density at radius 3 is 2.40 bits per heavy atom. The molecule has 1 fully saturated rings. The number of hydrogen-bond donors (Lipinski definition) is 1. The number of amides is 2. The van der Waals surface area contributed by atoms with Crippen molar-refractivity contribution in [3.63, 3.8) is 0 Å². The van der Waals surface area contributed by atoms with E-state index in [1.807, 2.05) is 0 Å². The second-order valence-corrected chi connectivity index (χ2v) is 3.27. The first kappa shape index (κ1) is 11.6. The zero-order valence-electron chi connectivity index (χ0n) is 8.27. The van der Waals surface area contributed by atoms with Gasteiger partial charge in [0.2, 0.25) is 0 Å². The smallest absolute Gasteiger partial charge is 0.303 e. The minimum atomic E-state index is -0.858. The topological polar surface area (TPSA) is 83.9 Å². The molecular formula is C9H13NO5. The predicted molar refractivity (Wildman–Crippen MR) is 48.5 cm³/mol. The SMILES string of the molecule is O=C(O)CCCCON1C(=O)CCC1=O. The van der Waals surface area contributed by atoms with E-state index in [2.05, 4.69) is 0 Å². The first-order valence-electron chi connectivity index (χ1n) is 4.82. The Kier molecular flexibility index (Phi) is 4.23. The van der Waals surface area contributed by atoms with Gasteiger partial charge in [-0.2, -0.15) is 5.06 Å². The van der Waals surface area contributed by atoms with Crippen LogP contribution in [0.1, 0.15) is 32.1 Å². The van der Waals surface area contributed by atoms with Crippen LogP contribution in [0.2, 0.25) is 0 Å². The number of carbonyl (C=O) groups is 3. The highest BCUT2D eigenvalue weighted by molar-refractivity contribution is 6.00. The van der Waals surface area contributed by atoms with Gasteiger partial charge in [-0.05, 0) is 12.8 Å². The third-order valence-corrected chi connectivity index (χ3v) is 2.01. The molecule has 0 radical (unpaired) electrons. The van der Waals surface area contributed by atoms with Crippen molar-refractivity contribution in [3.8, 4) is 0 Å². The van der Waals surface area contributed by atoms with Crippen LogP contribution in [-0.2, 0) is 19.2 Å². The van der Waals surface area contributed by atoms with Crippen LogP contribution in [0.5, 0.6) is 0 Å². The van der Waals surface area contributed by atoms with Gasteiger partial charge in [0.1, 0.15) is 0 Å². The molecule has 84 valence electrons. The molecule has 1 N–H and O–H groups in total. The molecule has 0 bridgehead atoms. The Bertz CT molecular complexity index is 260. The first-order valence-corrected chi connectivity index (χ1v) is 4.82. The van der Waals surface area contributed by atoms with E-state index < -0.39 is 5.97 Å². The number of carboxylic acid groups (broad SMARTS) is 1. The van der Waals surface area contributed by atoms with E-state index in [9.17, 15) is 14.4 Å². The number of hydroxylamine groups is 2. The van der Waals surface area contributed by atoms with Gasteiger partial charge in [-0.15, -0.1) is 0 Å². The maximum Gasteiger partial charge on any atom is 0.303 e. The van der Waals surface area contributed by atoms with Crippen molar-refractivity contribution < 1.29 is 24.3 Å². The molecule has 0 spiro atoms. The van der Waals surface area contributed by atoms with Crippen LogP contribution in [0.4, 0.5) is 0 Å². The molecule has 6 nitrogen and oxygen atoms in total. The molecular weight excluding hydrogens is 202 g/mol. The van der Waals surface area contributed by atoms with Crippen LogP contribution in [0.15, 0.2) is 0 Å². The summed E-state index contributed by atoms with van der Waals surface area (Å²) in [6, 6.07) is 0. The van der Waals surface area contributed by atoms with Crippen LogP contribution in [0, 0.1) is 0 Å². The molecule has 0 aromatic heterocycles. The lowest BCUT2D eigenvalue weighted by Crippen LogP contribution is -2.29. The maximum atomic E-state index is 11.0. The molecule has 0 aliphatic carbocycles. The highest BCUT2D eigenvalue weighted by Gasteiger charge is 2.29. The molecule has 1 aliphatic heterocycles. The lowest BCUT2D eigenvalue weighted by atomic mass is 10.2. The molecule has 0 atom stereocenters. The Labute approximate surface area is 86.8 Å². The molecule has 1 saturated heterocycles. The minimum absolute atomic E-state index is 0.0747. The van der Waals surface area contributed by atoms with Crippen LogP contribution in [0.25, 0.3) is 0 Å². The largest absolute Gasteiger partial charge is 0.481 e. The predicted octanol–water partition coefficient (Wildman–Crippen LogP) is 0.322. The first-order chi connectivity index (χ1) is 7.11. The van der Waals surface area contributed by atoms with Gasteiger partial charge in [-0.3, -0.25) is 19.2 Å². The van der Waals surface area contributed by atoms with E-state index >= 15 is 0 Å². The summed E-state index contributed by atoms with van der Waals surface area (Å²) in [7, 11) is 0. The third kappa shape index (κ3) is 3.67. The molecule has 15 heavy (non-hydrogen) atoms. The Morgan fingerprint density at radius 2 is 1.87 bits per heavy atom. The van der Waals surface area contributed by atoms with E-state index in [0.29, 0.717) is 12.8 Å². The summed E-state index contributed by atoms with van der Waals surface area (Å²) in [5.74, 6) is -1.50. The third-order valence-electron chi connectivity index (χ3n) is 2.01. The van der Waals surface area contributed by atoms with Gasteiger partial charge in [-0.25, -0.2) is 0 Å². The molecule has 0 saturated carbocycles.